The number of carboxylic acids is 1. The third kappa shape index (κ3) is 5.98. The van der Waals surface area contributed by atoms with Crippen LogP contribution in [-0.4, -0.2) is 28.9 Å². The quantitative estimate of drug-likeness (QED) is 0.652. The van der Waals surface area contributed by atoms with Crippen LogP contribution in [0.1, 0.15) is 53.9 Å². The molecule has 0 saturated heterocycles. The van der Waals surface area contributed by atoms with E-state index >= 15 is 0 Å². The molecule has 0 aliphatic heterocycles. The first-order valence-corrected chi connectivity index (χ1v) is 8.03. The molecule has 0 amide bonds. The van der Waals surface area contributed by atoms with Crippen LogP contribution < -0.4 is 0 Å². The fourth-order valence-electron chi connectivity index (χ4n) is 1.57. The van der Waals surface area contributed by atoms with Gasteiger partial charge in [-0.15, -0.1) is 0 Å². The highest BCUT2D eigenvalue weighted by atomic mass is 31.2. The van der Waals surface area contributed by atoms with Crippen molar-refractivity contribution < 1.29 is 23.5 Å². The smallest absolute Gasteiger partial charge is 0.345 e. The van der Waals surface area contributed by atoms with Gasteiger partial charge in [0.15, 0.2) is 5.66 Å². The Morgan fingerprint density at radius 2 is 1.61 bits per heavy atom. The van der Waals surface area contributed by atoms with Crippen LogP contribution in [0.5, 0.6) is 0 Å². The van der Waals surface area contributed by atoms with Gasteiger partial charge in [-0.3, -0.25) is 9.36 Å². The van der Waals surface area contributed by atoms with E-state index in [2.05, 4.69) is 0 Å². The molecule has 0 radical (unpaired) electrons. The summed E-state index contributed by atoms with van der Waals surface area (Å²) >= 11 is 0. The van der Waals surface area contributed by atoms with Crippen molar-refractivity contribution in [3.8, 4) is 0 Å². The van der Waals surface area contributed by atoms with E-state index in [1.54, 1.807) is 27.7 Å². The summed E-state index contributed by atoms with van der Waals surface area (Å²) in [4.78, 5) is 11.3. The van der Waals surface area contributed by atoms with Crippen molar-refractivity contribution >= 4 is 13.6 Å². The van der Waals surface area contributed by atoms with Crippen molar-refractivity contribution in [1.29, 1.82) is 0 Å². The van der Waals surface area contributed by atoms with E-state index in [-0.39, 0.29) is 12.2 Å². The Balaban J connectivity index is 5.08. The fourth-order valence-corrected chi connectivity index (χ4v) is 3.86. The van der Waals surface area contributed by atoms with Crippen LogP contribution in [-0.2, 0) is 18.4 Å². The molecule has 5 nitrogen and oxygen atoms in total. The average molecular weight is 280 g/mol. The first kappa shape index (κ1) is 17.6. The van der Waals surface area contributed by atoms with Crippen molar-refractivity contribution in [2.75, 3.05) is 0 Å². The van der Waals surface area contributed by atoms with Crippen LogP contribution in [0.4, 0.5) is 0 Å². The van der Waals surface area contributed by atoms with Crippen LogP contribution in [0.15, 0.2) is 0 Å². The van der Waals surface area contributed by atoms with Gasteiger partial charge in [0.1, 0.15) is 0 Å². The summed E-state index contributed by atoms with van der Waals surface area (Å²) in [7, 11) is -3.63. The van der Waals surface area contributed by atoms with Crippen molar-refractivity contribution in [2.24, 2.45) is 0 Å². The molecule has 0 aromatic heterocycles. The minimum Gasteiger partial charge on any atom is -0.481 e. The molecule has 0 aromatic rings. The molecule has 0 aliphatic carbocycles. The molecule has 0 heterocycles. The van der Waals surface area contributed by atoms with Crippen LogP contribution in [0, 0.1) is 0 Å². The molecule has 6 heteroatoms. The van der Waals surface area contributed by atoms with Crippen molar-refractivity contribution in [3.05, 3.63) is 0 Å². The molecule has 0 saturated carbocycles. The van der Waals surface area contributed by atoms with Crippen LogP contribution >= 0.6 is 7.60 Å². The Labute approximate surface area is 109 Å². The van der Waals surface area contributed by atoms with Gasteiger partial charge in [-0.25, -0.2) is 0 Å². The largest absolute Gasteiger partial charge is 0.481 e. The number of carboxylic acid groups (broad SMARTS) is 1. The summed E-state index contributed by atoms with van der Waals surface area (Å²) < 4.78 is 23.3. The van der Waals surface area contributed by atoms with E-state index in [9.17, 15) is 14.5 Å². The SMILES string of the molecule is CCCCC(C(=O)O)P(=O)(OC(C)C)OC(C)C. The first-order chi connectivity index (χ1) is 8.23. The lowest BCUT2D eigenvalue weighted by Crippen LogP contribution is -2.25. The van der Waals surface area contributed by atoms with Crippen molar-refractivity contribution in [2.45, 2.75) is 71.7 Å². The second-order valence-corrected chi connectivity index (χ2v) is 6.97. The van der Waals surface area contributed by atoms with Gasteiger partial charge in [-0.05, 0) is 34.1 Å². The minimum atomic E-state index is -3.63. The third-order valence-electron chi connectivity index (χ3n) is 2.21. The Morgan fingerprint density at radius 1 is 1.17 bits per heavy atom. The summed E-state index contributed by atoms with van der Waals surface area (Å²) in [6, 6.07) is 0. The maximum atomic E-state index is 12.7. The van der Waals surface area contributed by atoms with Crippen LogP contribution in [0.3, 0.4) is 0 Å². The third-order valence-corrected chi connectivity index (χ3v) is 4.89. The van der Waals surface area contributed by atoms with Gasteiger partial charge in [-0.1, -0.05) is 19.8 Å². The highest BCUT2D eigenvalue weighted by Gasteiger charge is 2.42. The molecule has 1 atom stereocenters. The molecule has 108 valence electrons. The summed E-state index contributed by atoms with van der Waals surface area (Å²) in [5, 5.41) is 9.23. The molecular formula is C12H25O5P. The lowest BCUT2D eigenvalue weighted by Gasteiger charge is -2.27. The maximum absolute atomic E-state index is 12.7. The zero-order valence-electron chi connectivity index (χ0n) is 11.9. The molecule has 1 unspecified atom stereocenters. The van der Waals surface area contributed by atoms with Gasteiger partial charge in [0.2, 0.25) is 0 Å². The Bertz CT molecular complexity index is 287. The van der Waals surface area contributed by atoms with E-state index in [0.717, 1.165) is 6.42 Å². The molecule has 0 spiro atoms. The molecule has 0 fully saturated rings. The standard InChI is InChI=1S/C12H25O5P/c1-6-7-8-11(12(13)14)18(15,16-9(2)3)17-10(4)5/h9-11H,6-8H2,1-5H3,(H,13,14). The monoisotopic (exact) mass is 280 g/mol. The van der Waals surface area contributed by atoms with E-state index in [1.807, 2.05) is 6.92 Å². The molecule has 18 heavy (non-hydrogen) atoms. The molecular weight excluding hydrogens is 255 g/mol. The molecule has 0 aromatic carbocycles. The zero-order valence-corrected chi connectivity index (χ0v) is 12.8. The lowest BCUT2D eigenvalue weighted by molar-refractivity contribution is -0.137. The number of aliphatic carboxylic acids is 1. The molecule has 0 aliphatic rings. The van der Waals surface area contributed by atoms with Gasteiger partial charge < -0.3 is 14.2 Å². The number of unbranched alkanes of at least 4 members (excludes halogenated alkanes) is 1. The Kier molecular flexibility index (Phi) is 7.76. The van der Waals surface area contributed by atoms with Gasteiger partial charge in [0.25, 0.3) is 0 Å². The topological polar surface area (TPSA) is 72.8 Å². The van der Waals surface area contributed by atoms with E-state index in [4.69, 9.17) is 9.05 Å². The normalized spacial score (nSPS) is 14.2. The molecule has 0 bridgehead atoms. The summed E-state index contributed by atoms with van der Waals surface area (Å²) in [5.74, 6) is -1.12. The lowest BCUT2D eigenvalue weighted by atomic mass is 10.2. The highest BCUT2D eigenvalue weighted by molar-refractivity contribution is 7.55. The van der Waals surface area contributed by atoms with Gasteiger partial charge in [0.05, 0.1) is 12.2 Å². The average Bonchev–Trinajstić information content (AvgIpc) is 2.14. The van der Waals surface area contributed by atoms with Gasteiger partial charge in [-0.2, -0.15) is 0 Å². The van der Waals surface area contributed by atoms with Crippen molar-refractivity contribution in [3.63, 3.8) is 0 Å². The summed E-state index contributed by atoms with van der Waals surface area (Å²) in [5.41, 5.74) is -1.08. The number of rotatable bonds is 9. The number of hydrogen-bond donors (Lipinski definition) is 1. The molecule has 1 N–H and O–H groups in total. The summed E-state index contributed by atoms with van der Waals surface area (Å²) in [6.45, 7) is 8.82. The van der Waals surface area contributed by atoms with E-state index in [0.29, 0.717) is 12.8 Å². The Morgan fingerprint density at radius 3 is 1.89 bits per heavy atom. The fraction of sp³-hybridized carbons (Fsp3) is 0.917. The second kappa shape index (κ2) is 7.93. The summed E-state index contributed by atoms with van der Waals surface area (Å²) in [6.07, 6.45) is 1.16. The highest BCUT2D eigenvalue weighted by Crippen LogP contribution is 2.56. The predicted octanol–water partition coefficient (Wildman–Crippen LogP) is 3.67. The van der Waals surface area contributed by atoms with E-state index in [1.165, 1.54) is 0 Å². The maximum Gasteiger partial charge on any atom is 0.345 e. The second-order valence-electron chi connectivity index (χ2n) is 4.84. The van der Waals surface area contributed by atoms with Gasteiger partial charge in [0, 0.05) is 0 Å². The first-order valence-electron chi connectivity index (χ1n) is 6.42. The van der Waals surface area contributed by atoms with Crippen LogP contribution in [0.2, 0.25) is 0 Å². The molecule has 0 rings (SSSR count). The predicted molar refractivity (Wildman–Crippen MR) is 71.0 cm³/mol. The number of carbonyl (C=O) groups is 1. The van der Waals surface area contributed by atoms with Crippen LogP contribution in [0.25, 0.3) is 0 Å². The minimum absolute atomic E-state index is 0.308. The zero-order chi connectivity index (χ0) is 14.3. The Hall–Kier alpha value is -0.380. The number of hydrogen-bond acceptors (Lipinski definition) is 4. The van der Waals surface area contributed by atoms with Gasteiger partial charge >= 0.3 is 13.6 Å². The van der Waals surface area contributed by atoms with Crippen molar-refractivity contribution in [1.82, 2.24) is 0 Å². The van der Waals surface area contributed by atoms with E-state index < -0.39 is 19.2 Å².